The first-order chi connectivity index (χ1) is 12.1. The third-order valence-electron chi connectivity index (χ3n) is 3.81. The first-order valence-electron chi connectivity index (χ1n) is 7.49. The Hall–Kier alpha value is -3.54. The van der Waals surface area contributed by atoms with Gasteiger partial charge in [0.25, 0.3) is 0 Å². The van der Waals surface area contributed by atoms with Crippen LogP contribution in [0.1, 0.15) is 15.9 Å². The van der Waals surface area contributed by atoms with E-state index in [9.17, 15) is 14.7 Å². The molecule has 0 fully saturated rings. The van der Waals surface area contributed by atoms with Gasteiger partial charge in [0.2, 0.25) is 6.79 Å². The van der Waals surface area contributed by atoms with Crippen molar-refractivity contribution in [1.82, 2.24) is 0 Å². The van der Waals surface area contributed by atoms with Gasteiger partial charge in [0.05, 0.1) is 0 Å². The molecule has 0 radical (unpaired) electrons. The Morgan fingerprint density at radius 1 is 1.04 bits per heavy atom. The molecular formula is C19H12O6. The summed E-state index contributed by atoms with van der Waals surface area (Å²) in [6, 6.07) is 11.0. The SMILES string of the molecule is O=C(/C=C/c1ccc2c(c1)OCO2)c1cc2cc(O)ccc2oc1=O. The van der Waals surface area contributed by atoms with Crippen LogP contribution < -0.4 is 15.1 Å². The monoisotopic (exact) mass is 336 g/mol. The van der Waals surface area contributed by atoms with Crippen LogP contribution in [0, 0.1) is 0 Å². The topological polar surface area (TPSA) is 86.0 Å². The van der Waals surface area contributed by atoms with Crippen LogP contribution in [0.4, 0.5) is 0 Å². The molecule has 0 bridgehead atoms. The second-order valence-corrected chi connectivity index (χ2v) is 5.48. The van der Waals surface area contributed by atoms with E-state index in [4.69, 9.17) is 13.9 Å². The van der Waals surface area contributed by atoms with Gasteiger partial charge in [-0.05, 0) is 48.0 Å². The smallest absolute Gasteiger partial charge is 0.347 e. The Balaban J connectivity index is 1.65. The number of phenolic OH excluding ortho intramolecular Hbond substituents is 1. The highest BCUT2D eigenvalue weighted by Gasteiger charge is 2.14. The molecule has 0 saturated carbocycles. The van der Waals surface area contributed by atoms with E-state index in [-0.39, 0.29) is 18.1 Å². The maximum Gasteiger partial charge on any atom is 0.347 e. The molecule has 4 rings (SSSR count). The minimum Gasteiger partial charge on any atom is -0.508 e. The van der Waals surface area contributed by atoms with E-state index in [0.717, 1.165) is 5.56 Å². The van der Waals surface area contributed by atoms with Crippen LogP contribution in [0.15, 0.2) is 57.8 Å². The number of aromatic hydroxyl groups is 1. The summed E-state index contributed by atoms with van der Waals surface area (Å²) in [6.45, 7) is 0.173. The van der Waals surface area contributed by atoms with Crippen molar-refractivity contribution in [2.45, 2.75) is 0 Å². The van der Waals surface area contributed by atoms with Crippen LogP contribution in [0.5, 0.6) is 17.2 Å². The molecule has 1 aliphatic rings. The van der Waals surface area contributed by atoms with E-state index in [2.05, 4.69) is 0 Å². The third kappa shape index (κ3) is 2.85. The van der Waals surface area contributed by atoms with Gasteiger partial charge in [0.1, 0.15) is 16.9 Å². The van der Waals surface area contributed by atoms with Gasteiger partial charge in [-0.25, -0.2) is 4.79 Å². The molecule has 6 heteroatoms. The van der Waals surface area contributed by atoms with E-state index in [1.807, 2.05) is 0 Å². The van der Waals surface area contributed by atoms with Crippen LogP contribution in [0.25, 0.3) is 17.0 Å². The molecule has 2 aromatic carbocycles. The maximum atomic E-state index is 12.3. The Kier molecular flexibility index (Phi) is 3.50. The number of benzene rings is 2. The van der Waals surface area contributed by atoms with Crippen molar-refractivity contribution in [3.8, 4) is 17.2 Å². The van der Waals surface area contributed by atoms with Crippen molar-refractivity contribution in [1.29, 1.82) is 0 Å². The number of phenols is 1. The number of ether oxygens (including phenoxy) is 2. The molecule has 6 nitrogen and oxygen atoms in total. The highest BCUT2D eigenvalue weighted by atomic mass is 16.7. The summed E-state index contributed by atoms with van der Waals surface area (Å²) in [7, 11) is 0. The average molecular weight is 336 g/mol. The second kappa shape index (κ2) is 5.83. The second-order valence-electron chi connectivity index (χ2n) is 5.48. The molecule has 0 spiro atoms. The summed E-state index contributed by atoms with van der Waals surface area (Å²) in [5.74, 6) is 0.793. The van der Waals surface area contributed by atoms with Gasteiger partial charge in [0.15, 0.2) is 17.3 Å². The summed E-state index contributed by atoms with van der Waals surface area (Å²) in [5, 5.41) is 9.99. The van der Waals surface area contributed by atoms with Crippen molar-refractivity contribution in [3.05, 3.63) is 70.1 Å². The normalized spacial score (nSPS) is 12.8. The predicted molar refractivity (Wildman–Crippen MR) is 90.1 cm³/mol. The Morgan fingerprint density at radius 2 is 1.88 bits per heavy atom. The van der Waals surface area contributed by atoms with Gasteiger partial charge in [0, 0.05) is 5.39 Å². The first-order valence-corrected chi connectivity index (χ1v) is 7.49. The van der Waals surface area contributed by atoms with Crippen molar-refractivity contribution in [2.75, 3.05) is 6.79 Å². The number of ketones is 1. The van der Waals surface area contributed by atoms with Crippen molar-refractivity contribution >= 4 is 22.8 Å². The molecule has 0 aliphatic carbocycles. The van der Waals surface area contributed by atoms with Crippen molar-refractivity contribution in [3.63, 3.8) is 0 Å². The lowest BCUT2D eigenvalue weighted by Crippen LogP contribution is -2.11. The van der Waals surface area contributed by atoms with E-state index in [0.29, 0.717) is 22.5 Å². The highest BCUT2D eigenvalue weighted by Crippen LogP contribution is 2.32. The maximum absolute atomic E-state index is 12.3. The van der Waals surface area contributed by atoms with Crippen LogP contribution in [0.2, 0.25) is 0 Å². The zero-order chi connectivity index (χ0) is 17.4. The molecule has 1 aliphatic heterocycles. The number of hydrogen-bond acceptors (Lipinski definition) is 6. The summed E-state index contributed by atoms with van der Waals surface area (Å²) >= 11 is 0. The molecule has 2 heterocycles. The lowest BCUT2D eigenvalue weighted by Gasteiger charge is -2.00. The van der Waals surface area contributed by atoms with Gasteiger partial charge in [-0.1, -0.05) is 12.1 Å². The van der Waals surface area contributed by atoms with E-state index in [1.54, 1.807) is 24.3 Å². The van der Waals surface area contributed by atoms with E-state index >= 15 is 0 Å². The largest absolute Gasteiger partial charge is 0.508 e. The van der Waals surface area contributed by atoms with Crippen LogP contribution >= 0.6 is 0 Å². The van der Waals surface area contributed by atoms with Gasteiger partial charge in [-0.2, -0.15) is 0 Å². The number of rotatable bonds is 3. The van der Waals surface area contributed by atoms with E-state index in [1.165, 1.54) is 30.3 Å². The minimum absolute atomic E-state index is 0.0237. The van der Waals surface area contributed by atoms with E-state index < -0.39 is 11.4 Å². The standard InChI is InChI=1S/C19H12O6/c20-13-3-6-16-12(8-13)9-14(19(22)25-16)15(21)4-1-11-2-5-17-18(7-11)24-10-23-17/h1-9,20H,10H2/b4-1+. The number of allylic oxidation sites excluding steroid dienone is 1. The lowest BCUT2D eigenvalue weighted by molar-refractivity contribution is 0.104. The lowest BCUT2D eigenvalue weighted by atomic mass is 10.1. The van der Waals surface area contributed by atoms with Crippen LogP contribution in [-0.2, 0) is 0 Å². The molecule has 0 unspecified atom stereocenters. The summed E-state index contributed by atoms with van der Waals surface area (Å²) in [4.78, 5) is 24.3. The summed E-state index contributed by atoms with van der Waals surface area (Å²) < 4.78 is 15.6. The van der Waals surface area contributed by atoms with Crippen LogP contribution in [0.3, 0.4) is 0 Å². The molecule has 124 valence electrons. The average Bonchev–Trinajstić information content (AvgIpc) is 3.07. The Morgan fingerprint density at radius 3 is 2.76 bits per heavy atom. The van der Waals surface area contributed by atoms with Gasteiger partial charge < -0.3 is 19.0 Å². The van der Waals surface area contributed by atoms with Crippen molar-refractivity contribution in [2.24, 2.45) is 0 Å². The van der Waals surface area contributed by atoms with Crippen LogP contribution in [-0.4, -0.2) is 17.7 Å². The molecule has 1 aromatic heterocycles. The number of fused-ring (bicyclic) bond motifs is 2. The number of hydrogen-bond donors (Lipinski definition) is 1. The third-order valence-corrected chi connectivity index (χ3v) is 3.81. The fourth-order valence-electron chi connectivity index (χ4n) is 2.56. The number of carbonyl (C=O) groups is 1. The zero-order valence-electron chi connectivity index (χ0n) is 12.9. The van der Waals surface area contributed by atoms with Gasteiger partial charge >= 0.3 is 5.63 Å². The summed E-state index contributed by atoms with van der Waals surface area (Å²) in [6.07, 6.45) is 2.87. The fourth-order valence-corrected chi connectivity index (χ4v) is 2.56. The highest BCUT2D eigenvalue weighted by molar-refractivity contribution is 6.07. The van der Waals surface area contributed by atoms with Gasteiger partial charge in [-0.15, -0.1) is 0 Å². The predicted octanol–water partition coefficient (Wildman–Crippen LogP) is 3.12. The fraction of sp³-hybridized carbons (Fsp3) is 0.0526. The molecule has 0 atom stereocenters. The zero-order valence-corrected chi connectivity index (χ0v) is 12.9. The molecule has 0 amide bonds. The van der Waals surface area contributed by atoms with Gasteiger partial charge in [-0.3, -0.25) is 4.79 Å². The molecule has 1 N–H and O–H groups in total. The molecule has 0 saturated heterocycles. The quantitative estimate of drug-likeness (QED) is 0.449. The minimum atomic E-state index is -0.724. The molecular weight excluding hydrogens is 324 g/mol. The molecule has 3 aromatic rings. The summed E-state index contributed by atoms with van der Waals surface area (Å²) in [5.41, 5.74) is 0.216. The first kappa shape index (κ1) is 15.0. The number of carbonyl (C=O) groups excluding carboxylic acids is 1. The van der Waals surface area contributed by atoms with Crippen molar-refractivity contribution < 1.29 is 23.8 Å². The Bertz CT molecular complexity index is 1080. The molecule has 25 heavy (non-hydrogen) atoms. The Labute approximate surface area is 141 Å².